The van der Waals surface area contributed by atoms with Crippen molar-refractivity contribution in [1.29, 1.82) is 0 Å². The van der Waals surface area contributed by atoms with E-state index in [9.17, 15) is 0 Å². The highest BCUT2D eigenvalue weighted by molar-refractivity contribution is 7.04. The van der Waals surface area contributed by atoms with Gasteiger partial charge in [0, 0.05) is 68.0 Å². The minimum absolute atomic E-state index is 0.0310. The van der Waals surface area contributed by atoms with E-state index in [0.717, 1.165) is 78.7 Å². The molecule has 0 N–H and O–H groups in total. The van der Waals surface area contributed by atoms with Crippen molar-refractivity contribution >= 4 is 119 Å². The van der Waals surface area contributed by atoms with Gasteiger partial charge in [-0.2, -0.15) is 0 Å². The summed E-state index contributed by atoms with van der Waals surface area (Å²) in [5.74, 6) is 1.75. The van der Waals surface area contributed by atoms with Gasteiger partial charge >= 0.3 is 0 Å². The lowest BCUT2D eigenvalue weighted by Gasteiger charge is -2.49. The van der Waals surface area contributed by atoms with Gasteiger partial charge in [-0.1, -0.05) is 133 Å². The van der Waals surface area contributed by atoms with Crippen molar-refractivity contribution in [3.8, 4) is 22.6 Å². The molecular weight excluding hydrogens is 816 g/mol. The second-order valence-electron chi connectivity index (χ2n) is 18.0. The molecule has 5 heterocycles. The third kappa shape index (κ3) is 5.22. The van der Waals surface area contributed by atoms with Gasteiger partial charge in [0.15, 0.2) is 0 Å². The molecule has 15 rings (SSSR count). The Morgan fingerprint density at radius 2 is 0.940 bits per heavy atom. The fraction of sp³-hybridized carbons (Fsp3) is 0. The Morgan fingerprint density at radius 3 is 1.69 bits per heavy atom. The molecule has 4 aliphatic rings. The molecule has 310 valence electrons. The fourth-order valence-corrected chi connectivity index (χ4v) is 11.7. The fourth-order valence-electron chi connectivity index (χ4n) is 11.7. The topological polar surface area (TPSA) is 32.1 Å². The summed E-state index contributed by atoms with van der Waals surface area (Å²) in [5, 5.41) is 2.25. The normalized spacial score (nSPS) is 13.4. The molecule has 5 nitrogen and oxygen atoms in total. The maximum absolute atomic E-state index is 7.36. The smallest absolute Gasteiger partial charge is 0.256 e. The van der Waals surface area contributed by atoms with Crippen LogP contribution in [0, 0.1) is 0 Å². The third-order valence-electron chi connectivity index (χ3n) is 14.5. The van der Waals surface area contributed by atoms with E-state index in [1.54, 1.807) is 0 Å². The maximum atomic E-state index is 7.36. The largest absolute Gasteiger partial charge is 0.458 e. The first kappa shape index (κ1) is 36.6. The number of hydrogen-bond acceptors (Lipinski definition) is 5. The SMILES string of the molecule is c1ccc(N(c2ccccc2)c2ccc3c(c2)N(c2ccccc2)c2cc4c5c6c2B3c2ccccc2N6c2ccccc2B5c2ccc(-c3ccc5c(c3)oc3ccccc35)cc2O4)cc1. The summed E-state index contributed by atoms with van der Waals surface area (Å²) in [6.45, 7) is -0.0694. The number of anilines is 9. The molecule has 7 heteroatoms. The Balaban J connectivity index is 0.975. The summed E-state index contributed by atoms with van der Waals surface area (Å²) in [6, 6.07) is 81.3. The lowest BCUT2D eigenvalue weighted by molar-refractivity contribution is 0.488. The lowest BCUT2D eigenvalue weighted by atomic mass is 9.29. The van der Waals surface area contributed by atoms with Crippen LogP contribution >= 0.6 is 0 Å². The van der Waals surface area contributed by atoms with Gasteiger partial charge in [0.25, 0.3) is 13.4 Å². The number of para-hydroxylation sites is 6. The summed E-state index contributed by atoms with van der Waals surface area (Å²) in [6.07, 6.45) is 0. The molecule has 0 atom stereocenters. The van der Waals surface area contributed by atoms with Gasteiger partial charge < -0.3 is 23.9 Å². The van der Waals surface area contributed by atoms with Gasteiger partial charge in [-0.3, -0.25) is 0 Å². The first-order valence-corrected chi connectivity index (χ1v) is 23.1. The van der Waals surface area contributed by atoms with Gasteiger partial charge in [-0.05, 0) is 129 Å². The lowest BCUT2D eigenvalue weighted by Crippen LogP contribution is -2.67. The number of nitrogens with zero attached hydrogens (tertiary/aromatic N) is 3. The van der Waals surface area contributed by atoms with E-state index in [-0.39, 0.29) is 13.4 Å². The highest BCUT2D eigenvalue weighted by Crippen LogP contribution is 2.49. The Bertz CT molecular complexity index is 3800. The summed E-state index contributed by atoms with van der Waals surface area (Å²) in [5.41, 5.74) is 21.7. The van der Waals surface area contributed by atoms with Crippen LogP contribution in [0.5, 0.6) is 11.5 Å². The predicted octanol–water partition coefficient (Wildman–Crippen LogP) is 11.7. The van der Waals surface area contributed by atoms with Gasteiger partial charge in [0.05, 0.1) is 0 Å². The zero-order valence-corrected chi connectivity index (χ0v) is 36.2. The number of fused-ring (bicyclic) bond motifs is 13. The molecule has 0 radical (unpaired) electrons. The summed E-state index contributed by atoms with van der Waals surface area (Å²) in [4.78, 5) is 7.38. The summed E-state index contributed by atoms with van der Waals surface area (Å²) >= 11 is 0. The van der Waals surface area contributed by atoms with E-state index in [0.29, 0.717) is 0 Å². The van der Waals surface area contributed by atoms with Gasteiger partial charge in [-0.15, -0.1) is 0 Å². The van der Waals surface area contributed by atoms with Crippen LogP contribution in [0.1, 0.15) is 0 Å². The maximum Gasteiger partial charge on any atom is 0.256 e. The molecule has 0 bridgehead atoms. The van der Waals surface area contributed by atoms with E-state index in [1.165, 1.54) is 49.8 Å². The van der Waals surface area contributed by atoms with Gasteiger partial charge in [0.2, 0.25) is 0 Å². The Morgan fingerprint density at radius 1 is 0.358 bits per heavy atom. The Hall–Kier alpha value is -8.67. The number of furan rings is 1. The summed E-state index contributed by atoms with van der Waals surface area (Å²) in [7, 11) is 0. The molecule has 4 aliphatic heterocycles. The van der Waals surface area contributed by atoms with Crippen LogP contribution in [0.2, 0.25) is 0 Å². The molecule has 67 heavy (non-hydrogen) atoms. The van der Waals surface area contributed by atoms with Crippen LogP contribution in [0.25, 0.3) is 33.1 Å². The van der Waals surface area contributed by atoms with Crippen LogP contribution in [0.3, 0.4) is 0 Å². The standard InChI is InChI=1S/C60H37B2N3O2/c1-4-16-40(17-5-1)63(41-18-6-2-7-19-41)43-30-33-48-52(36-43)64(42-20-8-3-9-21-42)53-37-57-59-60-58(53)61(48)46-23-11-13-25-50(46)65(60)51-26-14-12-24-47(51)62(59)49-32-29-39(35-56(49)67-57)38-28-31-45-44-22-10-15-27-54(44)66-55(45)34-38/h1-37H. The van der Waals surface area contributed by atoms with Crippen molar-refractivity contribution in [2.75, 3.05) is 14.7 Å². The van der Waals surface area contributed by atoms with Crippen molar-refractivity contribution < 1.29 is 9.15 Å². The molecule has 11 aromatic rings. The molecule has 10 aromatic carbocycles. The van der Waals surface area contributed by atoms with Crippen molar-refractivity contribution in [2.45, 2.75) is 0 Å². The van der Waals surface area contributed by atoms with Crippen molar-refractivity contribution in [2.24, 2.45) is 0 Å². The average Bonchev–Trinajstić information content (AvgIpc) is 3.77. The van der Waals surface area contributed by atoms with Crippen molar-refractivity contribution in [1.82, 2.24) is 0 Å². The van der Waals surface area contributed by atoms with Crippen LogP contribution in [0.15, 0.2) is 229 Å². The van der Waals surface area contributed by atoms with Crippen LogP contribution in [-0.2, 0) is 0 Å². The van der Waals surface area contributed by atoms with E-state index >= 15 is 0 Å². The van der Waals surface area contributed by atoms with E-state index in [2.05, 4.69) is 227 Å². The van der Waals surface area contributed by atoms with Gasteiger partial charge in [-0.25, -0.2) is 0 Å². The number of hydrogen-bond donors (Lipinski definition) is 0. The van der Waals surface area contributed by atoms with Gasteiger partial charge in [0.1, 0.15) is 22.7 Å². The molecule has 0 aliphatic carbocycles. The number of benzene rings is 10. The molecule has 1 aromatic heterocycles. The zero-order chi connectivity index (χ0) is 43.7. The quantitative estimate of drug-likeness (QED) is 0.161. The second-order valence-corrected chi connectivity index (χ2v) is 18.0. The molecule has 0 saturated heterocycles. The average molecular weight is 854 g/mol. The third-order valence-corrected chi connectivity index (χ3v) is 14.5. The van der Waals surface area contributed by atoms with E-state index in [1.807, 2.05) is 12.1 Å². The van der Waals surface area contributed by atoms with Crippen LogP contribution in [-0.4, -0.2) is 13.4 Å². The van der Waals surface area contributed by atoms with Crippen LogP contribution in [0.4, 0.5) is 51.2 Å². The van der Waals surface area contributed by atoms with Crippen LogP contribution < -0.4 is 52.2 Å². The van der Waals surface area contributed by atoms with E-state index < -0.39 is 0 Å². The number of rotatable bonds is 5. The monoisotopic (exact) mass is 853 g/mol. The highest BCUT2D eigenvalue weighted by atomic mass is 16.5. The zero-order valence-electron chi connectivity index (χ0n) is 36.2. The second kappa shape index (κ2) is 13.9. The first-order valence-electron chi connectivity index (χ1n) is 23.1. The molecule has 0 spiro atoms. The minimum Gasteiger partial charge on any atom is -0.458 e. The van der Waals surface area contributed by atoms with Crippen molar-refractivity contribution in [3.63, 3.8) is 0 Å². The summed E-state index contributed by atoms with van der Waals surface area (Å²) < 4.78 is 13.7. The molecule has 0 unspecified atom stereocenters. The predicted molar refractivity (Wildman–Crippen MR) is 279 cm³/mol. The minimum atomic E-state index is -0.0384. The first-order chi connectivity index (χ1) is 33.2. The Labute approximate surface area is 388 Å². The van der Waals surface area contributed by atoms with Crippen molar-refractivity contribution in [3.05, 3.63) is 224 Å². The Kier molecular flexibility index (Phi) is 7.61. The molecule has 0 saturated carbocycles. The molecule has 0 amide bonds. The molecular formula is C60H37B2N3O2. The van der Waals surface area contributed by atoms with E-state index in [4.69, 9.17) is 9.15 Å². The molecule has 0 fully saturated rings. The highest BCUT2D eigenvalue weighted by Gasteiger charge is 2.51. The number of ether oxygens (including phenoxy) is 1.